The molecular formula is C26H21N3O4. The lowest BCUT2D eigenvalue weighted by molar-refractivity contribution is 0.0698. The van der Waals surface area contributed by atoms with E-state index in [1.54, 1.807) is 35.0 Å². The second-order valence-electron chi connectivity index (χ2n) is 8.03. The number of carbonyl (C=O) groups is 1. The molecule has 33 heavy (non-hydrogen) atoms. The van der Waals surface area contributed by atoms with Gasteiger partial charge < -0.3 is 14.8 Å². The van der Waals surface area contributed by atoms with Crippen molar-refractivity contribution in [2.75, 3.05) is 5.32 Å². The van der Waals surface area contributed by atoms with Crippen molar-refractivity contribution in [3.8, 4) is 5.88 Å². The van der Waals surface area contributed by atoms with Gasteiger partial charge in [-0.15, -0.1) is 0 Å². The van der Waals surface area contributed by atoms with Crippen LogP contribution in [0.2, 0.25) is 0 Å². The Kier molecular flexibility index (Phi) is 4.94. The number of nitrogens with zero attached hydrogens (tertiary/aromatic N) is 2. The molecule has 164 valence electrons. The van der Waals surface area contributed by atoms with Crippen molar-refractivity contribution in [1.29, 1.82) is 0 Å². The van der Waals surface area contributed by atoms with E-state index in [4.69, 9.17) is 4.42 Å². The Bertz CT molecular complexity index is 1550. The van der Waals surface area contributed by atoms with E-state index < -0.39 is 5.97 Å². The summed E-state index contributed by atoms with van der Waals surface area (Å²) >= 11 is 0. The first kappa shape index (κ1) is 20.5. The number of para-hydroxylation sites is 1. The minimum Gasteiger partial charge on any atom is -0.478 e. The van der Waals surface area contributed by atoms with Gasteiger partial charge in [0.1, 0.15) is 5.58 Å². The molecule has 2 heterocycles. The van der Waals surface area contributed by atoms with Crippen molar-refractivity contribution in [1.82, 2.24) is 9.78 Å². The first-order valence-electron chi connectivity index (χ1n) is 10.5. The normalized spacial score (nSPS) is 12.2. The van der Waals surface area contributed by atoms with Crippen molar-refractivity contribution in [2.45, 2.75) is 19.9 Å². The van der Waals surface area contributed by atoms with Crippen LogP contribution >= 0.6 is 0 Å². The Morgan fingerprint density at radius 3 is 2.64 bits per heavy atom. The zero-order valence-electron chi connectivity index (χ0n) is 18.1. The van der Waals surface area contributed by atoms with Crippen LogP contribution in [-0.4, -0.2) is 20.9 Å². The Morgan fingerprint density at radius 1 is 1.09 bits per heavy atom. The number of hydrogen-bond donors (Lipinski definition) is 2. The lowest BCUT2D eigenvalue weighted by atomic mass is 10.0. The molecule has 0 fully saturated rings. The third-order valence-corrected chi connectivity index (χ3v) is 5.62. The largest absolute Gasteiger partial charge is 0.478 e. The summed E-state index contributed by atoms with van der Waals surface area (Å²) in [6, 6.07) is 19.2. The molecule has 0 saturated heterocycles. The summed E-state index contributed by atoms with van der Waals surface area (Å²) in [5, 5.41) is 18.7. The van der Waals surface area contributed by atoms with Gasteiger partial charge in [-0.25, -0.2) is 9.48 Å². The summed E-state index contributed by atoms with van der Waals surface area (Å²) in [5.41, 5.74) is 3.38. The molecule has 7 heteroatoms. The molecule has 5 rings (SSSR count). The molecule has 2 N–H and O–H groups in total. The van der Waals surface area contributed by atoms with Crippen LogP contribution in [0.4, 0.5) is 5.69 Å². The van der Waals surface area contributed by atoms with Gasteiger partial charge in [-0.05, 0) is 43.7 Å². The fourth-order valence-corrected chi connectivity index (χ4v) is 4.04. The van der Waals surface area contributed by atoms with E-state index in [0.717, 1.165) is 22.0 Å². The van der Waals surface area contributed by atoms with Crippen LogP contribution in [0.15, 0.2) is 82.1 Å². The van der Waals surface area contributed by atoms with Gasteiger partial charge >= 0.3 is 5.97 Å². The van der Waals surface area contributed by atoms with Crippen LogP contribution in [0.5, 0.6) is 0 Å². The summed E-state index contributed by atoms with van der Waals surface area (Å²) in [5.74, 6) is -0.703. The van der Waals surface area contributed by atoms with Gasteiger partial charge in [-0.1, -0.05) is 36.4 Å². The second-order valence-corrected chi connectivity index (χ2v) is 8.03. The molecule has 1 unspecified atom stereocenters. The topological polar surface area (TPSA) is 97.4 Å². The number of carboxylic acid groups (broad SMARTS) is 1. The molecule has 0 amide bonds. The van der Waals surface area contributed by atoms with Gasteiger partial charge in [-0.2, -0.15) is 5.10 Å². The number of fused-ring (bicyclic) bond motifs is 2. The van der Waals surface area contributed by atoms with Gasteiger partial charge in [0, 0.05) is 28.9 Å². The Balaban J connectivity index is 1.64. The molecule has 5 aromatic rings. The van der Waals surface area contributed by atoms with Crippen molar-refractivity contribution in [3.05, 3.63) is 99.8 Å². The molecule has 0 bridgehead atoms. The summed E-state index contributed by atoms with van der Waals surface area (Å²) in [6.07, 6.45) is 1.82. The summed E-state index contributed by atoms with van der Waals surface area (Å²) < 4.78 is 7.79. The fraction of sp³-hybridized carbons (Fsp3) is 0.115. The molecule has 0 radical (unpaired) electrons. The SMILES string of the molecule is Cc1cc(C(C)Nc2ccccc2C(=O)O)c2oc(-n3cc4ccccc4n3)cc(=O)c2c1. The smallest absolute Gasteiger partial charge is 0.337 e. The maximum absolute atomic E-state index is 13.0. The number of carboxylic acids is 1. The first-order chi connectivity index (χ1) is 15.9. The Morgan fingerprint density at radius 2 is 1.85 bits per heavy atom. The first-order valence-corrected chi connectivity index (χ1v) is 10.5. The van der Waals surface area contributed by atoms with Crippen molar-refractivity contribution >= 4 is 33.5 Å². The lowest BCUT2D eigenvalue weighted by Gasteiger charge is -2.19. The van der Waals surface area contributed by atoms with Crippen LogP contribution in [0.3, 0.4) is 0 Å². The predicted octanol–water partition coefficient (Wildman–Crippen LogP) is 5.31. The Hall–Kier alpha value is -4.39. The quantitative estimate of drug-likeness (QED) is 0.385. The molecule has 2 aromatic heterocycles. The van der Waals surface area contributed by atoms with Crippen LogP contribution in [0.1, 0.15) is 34.5 Å². The third kappa shape index (κ3) is 3.74. The zero-order chi connectivity index (χ0) is 23.1. The molecule has 3 aromatic carbocycles. The highest BCUT2D eigenvalue weighted by atomic mass is 16.4. The zero-order valence-corrected chi connectivity index (χ0v) is 18.1. The van der Waals surface area contributed by atoms with Crippen molar-refractivity contribution in [2.24, 2.45) is 0 Å². The minimum absolute atomic E-state index is 0.172. The molecule has 0 aliphatic rings. The van der Waals surface area contributed by atoms with Gasteiger partial charge in [0.05, 0.1) is 22.5 Å². The van der Waals surface area contributed by atoms with Gasteiger partial charge in [0.2, 0.25) is 5.88 Å². The average molecular weight is 439 g/mol. The average Bonchev–Trinajstić information content (AvgIpc) is 3.23. The molecule has 7 nitrogen and oxygen atoms in total. The van der Waals surface area contributed by atoms with E-state index in [1.807, 2.05) is 50.4 Å². The lowest BCUT2D eigenvalue weighted by Crippen LogP contribution is -2.13. The standard InChI is InChI=1S/C26H21N3O4/c1-15-11-19(16(2)27-22-10-6-4-8-18(22)26(31)32)25-20(12-15)23(30)13-24(33-25)29-14-17-7-3-5-9-21(17)28-29/h3-14,16,27H,1-2H3,(H,31,32). The van der Waals surface area contributed by atoms with Crippen LogP contribution in [0, 0.1) is 6.92 Å². The molecule has 0 aliphatic carbocycles. The van der Waals surface area contributed by atoms with Gasteiger partial charge in [0.25, 0.3) is 0 Å². The number of aromatic carboxylic acids is 1. The van der Waals surface area contributed by atoms with E-state index in [2.05, 4.69) is 10.4 Å². The number of aryl methyl sites for hydroxylation is 1. The van der Waals surface area contributed by atoms with E-state index in [-0.39, 0.29) is 17.0 Å². The second kappa shape index (κ2) is 7.94. The van der Waals surface area contributed by atoms with Gasteiger partial charge in [-0.3, -0.25) is 4.79 Å². The summed E-state index contributed by atoms with van der Waals surface area (Å²) in [6.45, 7) is 3.82. The van der Waals surface area contributed by atoms with E-state index in [1.165, 1.54) is 6.07 Å². The van der Waals surface area contributed by atoms with Crippen LogP contribution < -0.4 is 10.7 Å². The van der Waals surface area contributed by atoms with Crippen molar-refractivity contribution in [3.63, 3.8) is 0 Å². The maximum atomic E-state index is 13.0. The molecule has 1 atom stereocenters. The number of rotatable bonds is 5. The molecule has 0 aliphatic heterocycles. The number of benzene rings is 3. The van der Waals surface area contributed by atoms with E-state index in [0.29, 0.717) is 22.5 Å². The van der Waals surface area contributed by atoms with Crippen LogP contribution in [0.25, 0.3) is 27.8 Å². The predicted molar refractivity (Wildman–Crippen MR) is 127 cm³/mol. The van der Waals surface area contributed by atoms with E-state index >= 15 is 0 Å². The fourth-order valence-electron chi connectivity index (χ4n) is 4.04. The van der Waals surface area contributed by atoms with Gasteiger partial charge in [0.15, 0.2) is 5.43 Å². The summed E-state index contributed by atoms with van der Waals surface area (Å²) in [7, 11) is 0. The van der Waals surface area contributed by atoms with Crippen molar-refractivity contribution < 1.29 is 14.3 Å². The highest BCUT2D eigenvalue weighted by Gasteiger charge is 2.18. The van der Waals surface area contributed by atoms with Crippen LogP contribution in [-0.2, 0) is 0 Å². The number of anilines is 1. The highest BCUT2D eigenvalue weighted by Crippen LogP contribution is 2.30. The molecule has 0 spiro atoms. The summed E-state index contributed by atoms with van der Waals surface area (Å²) in [4.78, 5) is 24.6. The minimum atomic E-state index is -1.01. The number of aromatic nitrogens is 2. The maximum Gasteiger partial charge on any atom is 0.337 e. The number of nitrogens with one attached hydrogen (secondary N) is 1. The van der Waals surface area contributed by atoms with E-state index in [9.17, 15) is 14.7 Å². The Labute approximate surface area is 188 Å². The molecule has 0 saturated carbocycles. The monoisotopic (exact) mass is 439 g/mol. The third-order valence-electron chi connectivity index (χ3n) is 5.62. The molecular weight excluding hydrogens is 418 g/mol. The highest BCUT2D eigenvalue weighted by molar-refractivity contribution is 5.94. The number of hydrogen-bond acceptors (Lipinski definition) is 5.